The van der Waals surface area contributed by atoms with Crippen LogP contribution in [-0.2, 0) is 17.6 Å². The van der Waals surface area contributed by atoms with Crippen LogP contribution in [0.15, 0.2) is 42.5 Å². The number of hydrogen-bond donors (Lipinski definition) is 1. The monoisotopic (exact) mass is 437 g/mol. The van der Waals surface area contributed by atoms with E-state index >= 15 is 0 Å². The fourth-order valence-corrected chi connectivity index (χ4v) is 4.40. The van der Waals surface area contributed by atoms with Gasteiger partial charge in [-0.15, -0.1) is 0 Å². The number of thioether (sulfide) groups is 1. The van der Waals surface area contributed by atoms with Crippen LogP contribution in [-0.4, -0.2) is 26.3 Å². The van der Waals surface area contributed by atoms with E-state index in [2.05, 4.69) is 10.3 Å². The third kappa shape index (κ3) is 4.36. The second-order valence-electron chi connectivity index (χ2n) is 7.19. The Morgan fingerprint density at radius 3 is 2.65 bits per heavy atom. The molecule has 1 unspecified atom stereocenters. The van der Waals surface area contributed by atoms with Crippen LogP contribution in [0.4, 0.5) is 10.5 Å². The minimum absolute atomic E-state index is 0.0329. The lowest BCUT2D eigenvalue weighted by Gasteiger charge is -2.14. The molecule has 1 aromatic heterocycles. The van der Waals surface area contributed by atoms with Crippen LogP contribution < -0.4 is 10.1 Å². The molecule has 1 fully saturated rings. The maximum absolute atomic E-state index is 11.9. The molecule has 4 rings (SSSR count). The van der Waals surface area contributed by atoms with Gasteiger partial charge in [-0.25, -0.2) is 0 Å². The lowest BCUT2D eigenvalue weighted by Crippen LogP contribution is -2.25. The zero-order valence-corrected chi connectivity index (χ0v) is 17.7. The Balaban J connectivity index is 1.66. The zero-order valence-electron chi connectivity index (χ0n) is 16.9. The van der Waals surface area contributed by atoms with Crippen LogP contribution in [0.2, 0.25) is 0 Å². The standard InChI is InChI=1S/C22H19N3O5S/c1-3-13-9-16(6-4-14(13)10-20-21(26)24-22(27)31-20)30-19-8-12(2)23-18-7-5-15(25(28)29)11-17(18)19/h4-9,11,20H,3,10H2,1-2H3,(H,24,26,27). The number of carbonyl (C=O) groups excluding carboxylic acids is 2. The summed E-state index contributed by atoms with van der Waals surface area (Å²) in [6.07, 6.45) is 1.18. The highest BCUT2D eigenvalue weighted by molar-refractivity contribution is 8.15. The Bertz CT molecular complexity index is 1230. The number of non-ortho nitro benzene ring substituents is 1. The lowest BCUT2D eigenvalue weighted by molar-refractivity contribution is -0.384. The predicted molar refractivity (Wildman–Crippen MR) is 118 cm³/mol. The molecule has 158 valence electrons. The molecule has 2 aromatic carbocycles. The Morgan fingerprint density at radius 2 is 1.97 bits per heavy atom. The molecule has 1 aliphatic rings. The molecule has 2 heterocycles. The van der Waals surface area contributed by atoms with Gasteiger partial charge >= 0.3 is 0 Å². The predicted octanol–water partition coefficient (Wildman–Crippen LogP) is 4.70. The molecule has 9 heteroatoms. The molecule has 1 atom stereocenters. The van der Waals surface area contributed by atoms with Crippen molar-refractivity contribution in [1.82, 2.24) is 10.3 Å². The summed E-state index contributed by atoms with van der Waals surface area (Å²) in [4.78, 5) is 38.5. The van der Waals surface area contributed by atoms with Gasteiger partial charge in [0.1, 0.15) is 11.5 Å². The van der Waals surface area contributed by atoms with E-state index in [1.807, 2.05) is 26.0 Å². The van der Waals surface area contributed by atoms with Crippen molar-refractivity contribution in [1.29, 1.82) is 0 Å². The van der Waals surface area contributed by atoms with Crippen LogP contribution in [0.25, 0.3) is 10.9 Å². The van der Waals surface area contributed by atoms with E-state index in [-0.39, 0.29) is 16.8 Å². The van der Waals surface area contributed by atoms with Crippen molar-refractivity contribution in [2.45, 2.75) is 31.9 Å². The van der Waals surface area contributed by atoms with Gasteiger partial charge in [0.2, 0.25) is 5.91 Å². The number of aromatic nitrogens is 1. The molecule has 2 amide bonds. The molecule has 0 bridgehead atoms. The van der Waals surface area contributed by atoms with E-state index < -0.39 is 10.2 Å². The number of ether oxygens (including phenoxy) is 1. The highest BCUT2D eigenvalue weighted by Crippen LogP contribution is 2.34. The first-order valence-electron chi connectivity index (χ1n) is 9.71. The summed E-state index contributed by atoms with van der Waals surface area (Å²) in [5, 5.41) is 13.3. The minimum atomic E-state index is -0.449. The topological polar surface area (TPSA) is 111 Å². The molecule has 1 aliphatic heterocycles. The van der Waals surface area contributed by atoms with Gasteiger partial charge in [-0.2, -0.15) is 0 Å². The van der Waals surface area contributed by atoms with Crippen LogP contribution in [0.3, 0.4) is 0 Å². The van der Waals surface area contributed by atoms with Gasteiger partial charge in [0.15, 0.2) is 0 Å². The zero-order chi connectivity index (χ0) is 22.1. The number of carbonyl (C=O) groups is 2. The van der Waals surface area contributed by atoms with Gasteiger partial charge in [-0.05, 0) is 49.1 Å². The van der Waals surface area contributed by atoms with Crippen molar-refractivity contribution in [3.8, 4) is 11.5 Å². The third-order valence-corrected chi connectivity index (χ3v) is 6.03. The van der Waals surface area contributed by atoms with Crippen LogP contribution in [0.5, 0.6) is 11.5 Å². The van der Waals surface area contributed by atoms with E-state index in [1.165, 1.54) is 12.1 Å². The largest absolute Gasteiger partial charge is 0.457 e. The van der Waals surface area contributed by atoms with Crippen molar-refractivity contribution < 1.29 is 19.2 Å². The highest BCUT2D eigenvalue weighted by atomic mass is 32.2. The minimum Gasteiger partial charge on any atom is -0.457 e. The van der Waals surface area contributed by atoms with Crippen molar-refractivity contribution in [3.63, 3.8) is 0 Å². The smallest absolute Gasteiger partial charge is 0.286 e. The maximum Gasteiger partial charge on any atom is 0.286 e. The number of fused-ring (bicyclic) bond motifs is 1. The molecule has 3 aromatic rings. The lowest BCUT2D eigenvalue weighted by atomic mass is 10.00. The molecule has 8 nitrogen and oxygen atoms in total. The van der Waals surface area contributed by atoms with Gasteiger partial charge < -0.3 is 4.74 Å². The quantitative estimate of drug-likeness (QED) is 0.439. The summed E-state index contributed by atoms with van der Waals surface area (Å²) in [7, 11) is 0. The summed E-state index contributed by atoms with van der Waals surface area (Å²) in [5.41, 5.74) is 3.30. The molecule has 0 aliphatic carbocycles. The van der Waals surface area contributed by atoms with Crippen molar-refractivity contribution in [3.05, 3.63) is 69.4 Å². The van der Waals surface area contributed by atoms with Gasteiger partial charge in [0.05, 0.1) is 15.7 Å². The number of pyridine rings is 1. The van der Waals surface area contributed by atoms with Crippen LogP contribution >= 0.6 is 11.8 Å². The number of nitrogens with zero attached hydrogens (tertiary/aromatic N) is 2. The Kier molecular flexibility index (Phi) is 5.60. The second kappa shape index (κ2) is 8.35. The summed E-state index contributed by atoms with van der Waals surface area (Å²) in [6, 6.07) is 11.8. The van der Waals surface area contributed by atoms with Crippen molar-refractivity contribution >= 4 is 39.5 Å². The molecule has 1 N–H and O–H groups in total. The molecular weight excluding hydrogens is 418 g/mol. The maximum atomic E-state index is 11.9. The second-order valence-corrected chi connectivity index (χ2v) is 8.37. The number of hydrogen-bond acceptors (Lipinski definition) is 7. The number of imide groups is 1. The van der Waals surface area contributed by atoms with Gasteiger partial charge in [-0.3, -0.25) is 30.0 Å². The SMILES string of the molecule is CCc1cc(Oc2cc(C)nc3ccc([N+](=O)[O-])cc23)ccc1CC1SC(=O)NC1=O. The highest BCUT2D eigenvalue weighted by Gasteiger charge is 2.32. The summed E-state index contributed by atoms with van der Waals surface area (Å²) in [6.45, 7) is 3.84. The first-order chi connectivity index (χ1) is 14.8. The van der Waals surface area contributed by atoms with Gasteiger partial charge in [-0.1, -0.05) is 24.8 Å². The van der Waals surface area contributed by atoms with E-state index in [4.69, 9.17) is 4.74 Å². The molecule has 0 spiro atoms. The normalized spacial score (nSPS) is 15.9. The number of nitrogens with one attached hydrogen (secondary N) is 1. The van der Waals surface area contributed by atoms with Crippen molar-refractivity contribution in [2.75, 3.05) is 0 Å². The van der Waals surface area contributed by atoms with E-state index in [9.17, 15) is 19.7 Å². The first kappa shape index (κ1) is 20.8. The van der Waals surface area contributed by atoms with E-state index in [0.717, 1.165) is 35.0 Å². The molecule has 31 heavy (non-hydrogen) atoms. The van der Waals surface area contributed by atoms with Gasteiger partial charge in [0.25, 0.3) is 10.9 Å². The molecular formula is C22H19N3O5S. The average molecular weight is 437 g/mol. The summed E-state index contributed by atoms with van der Waals surface area (Å²) < 4.78 is 6.11. The number of nitro groups is 1. The third-order valence-electron chi connectivity index (χ3n) is 5.05. The molecule has 0 saturated carbocycles. The number of aryl methyl sites for hydroxylation is 2. The fourth-order valence-electron chi connectivity index (χ4n) is 3.56. The van der Waals surface area contributed by atoms with Crippen LogP contribution in [0.1, 0.15) is 23.7 Å². The summed E-state index contributed by atoms with van der Waals surface area (Å²) in [5.74, 6) is 0.800. The Morgan fingerprint density at radius 1 is 1.16 bits per heavy atom. The fraction of sp³-hybridized carbons (Fsp3) is 0.227. The first-order valence-corrected chi connectivity index (χ1v) is 10.6. The number of amides is 2. The van der Waals surface area contributed by atoms with Crippen LogP contribution in [0, 0.1) is 17.0 Å². The number of rotatable bonds is 6. The van der Waals surface area contributed by atoms with E-state index in [0.29, 0.717) is 28.8 Å². The average Bonchev–Trinajstić information content (AvgIpc) is 3.05. The summed E-state index contributed by atoms with van der Waals surface area (Å²) >= 11 is 1.01. The number of benzene rings is 2. The molecule has 0 radical (unpaired) electrons. The van der Waals surface area contributed by atoms with E-state index in [1.54, 1.807) is 18.2 Å². The Labute approximate surface area is 182 Å². The Hall–Kier alpha value is -3.46. The van der Waals surface area contributed by atoms with Crippen molar-refractivity contribution in [2.24, 2.45) is 0 Å². The van der Waals surface area contributed by atoms with Gasteiger partial charge in [0, 0.05) is 29.3 Å². The molecule has 1 saturated heterocycles. The number of nitro benzene ring substituents is 1.